The molecule has 3 atom stereocenters. The van der Waals surface area contributed by atoms with Crippen LogP contribution in [0.3, 0.4) is 0 Å². The lowest BCUT2D eigenvalue weighted by molar-refractivity contribution is -0.194. The van der Waals surface area contributed by atoms with E-state index in [0.717, 1.165) is 0 Å². The maximum absolute atomic E-state index is 9.85. The highest BCUT2D eigenvalue weighted by Crippen LogP contribution is 2.40. The molecule has 15 heavy (non-hydrogen) atoms. The Labute approximate surface area is 94.8 Å². The summed E-state index contributed by atoms with van der Waals surface area (Å²) in [6.07, 6.45) is -0.277. The van der Waals surface area contributed by atoms with Crippen molar-refractivity contribution in [1.82, 2.24) is 4.90 Å². The maximum atomic E-state index is 9.85. The molecule has 2 aliphatic heterocycles. The van der Waals surface area contributed by atoms with Crippen molar-refractivity contribution in [2.45, 2.75) is 49.6 Å². The Morgan fingerprint density at radius 2 is 2.00 bits per heavy atom. The Bertz CT molecular complexity index is 264. The summed E-state index contributed by atoms with van der Waals surface area (Å²) >= 11 is 6.15. The van der Waals surface area contributed by atoms with Crippen LogP contribution in [0.1, 0.15) is 20.8 Å². The number of rotatable bonds is 0. The van der Waals surface area contributed by atoms with E-state index in [1.807, 2.05) is 25.7 Å². The van der Waals surface area contributed by atoms with Crippen molar-refractivity contribution >= 4 is 11.6 Å². The highest BCUT2D eigenvalue weighted by atomic mass is 35.5. The summed E-state index contributed by atoms with van der Waals surface area (Å²) in [7, 11) is 0. The number of ether oxygens (including phenoxy) is 1. The van der Waals surface area contributed by atoms with Crippen LogP contribution >= 0.6 is 11.6 Å². The fourth-order valence-corrected chi connectivity index (χ4v) is 2.84. The second-order valence-electron chi connectivity index (χ2n) is 5.44. The summed E-state index contributed by atoms with van der Waals surface area (Å²) in [5, 5.41) is 19.5. The van der Waals surface area contributed by atoms with Gasteiger partial charge in [-0.25, -0.2) is 0 Å². The van der Waals surface area contributed by atoms with Gasteiger partial charge in [0.05, 0.1) is 17.5 Å². The molecule has 2 fully saturated rings. The molecule has 5 heteroatoms. The number of aliphatic hydroxyl groups is 2. The van der Waals surface area contributed by atoms with Gasteiger partial charge in [-0.1, -0.05) is 0 Å². The number of halogens is 1. The molecular weight excluding hydrogens is 218 g/mol. The minimum absolute atomic E-state index is 0.0574. The first-order valence-electron chi connectivity index (χ1n) is 5.20. The smallest absolute Gasteiger partial charge is 0.205 e. The van der Waals surface area contributed by atoms with Gasteiger partial charge in [-0.2, -0.15) is 0 Å². The summed E-state index contributed by atoms with van der Waals surface area (Å²) in [6, 6.07) is -0.417. The van der Waals surface area contributed by atoms with Crippen molar-refractivity contribution in [3.8, 4) is 0 Å². The van der Waals surface area contributed by atoms with Gasteiger partial charge in [0, 0.05) is 12.1 Å². The summed E-state index contributed by atoms with van der Waals surface area (Å²) in [6.45, 7) is 6.68. The highest BCUT2D eigenvalue weighted by molar-refractivity contribution is 6.21. The SMILES string of the molecule is CC(C)(C)N1C[C@@H](Cl)C2OCC(O)(O)C21. The van der Waals surface area contributed by atoms with Gasteiger partial charge < -0.3 is 14.9 Å². The van der Waals surface area contributed by atoms with Gasteiger partial charge in [0.25, 0.3) is 0 Å². The van der Waals surface area contributed by atoms with E-state index >= 15 is 0 Å². The average Bonchev–Trinajstić information content (AvgIpc) is 2.52. The second kappa shape index (κ2) is 3.31. The summed E-state index contributed by atoms with van der Waals surface area (Å²) < 4.78 is 5.36. The van der Waals surface area contributed by atoms with Gasteiger partial charge in [-0.3, -0.25) is 4.90 Å². The average molecular weight is 236 g/mol. The molecule has 0 aromatic carbocycles. The lowest BCUT2D eigenvalue weighted by Gasteiger charge is -2.39. The summed E-state index contributed by atoms with van der Waals surface area (Å²) in [5.41, 5.74) is -0.142. The first kappa shape index (κ1) is 11.6. The lowest BCUT2D eigenvalue weighted by atomic mass is 10.00. The second-order valence-corrected chi connectivity index (χ2v) is 6.00. The zero-order chi connectivity index (χ0) is 11.4. The van der Waals surface area contributed by atoms with Crippen LogP contribution < -0.4 is 0 Å². The van der Waals surface area contributed by atoms with Crippen LogP contribution in [-0.2, 0) is 4.74 Å². The molecule has 88 valence electrons. The van der Waals surface area contributed by atoms with E-state index in [1.165, 1.54) is 0 Å². The maximum Gasteiger partial charge on any atom is 0.205 e. The van der Waals surface area contributed by atoms with Crippen LogP contribution in [0.2, 0.25) is 0 Å². The van der Waals surface area contributed by atoms with E-state index in [-0.39, 0.29) is 23.6 Å². The number of likely N-dealkylation sites (tertiary alicyclic amines) is 1. The van der Waals surface area contributed by atoms with Crippen molar-refractivity contribution in [2.24, 2.45) is 0 Å². The Kier molecular flexibility index (Phi) is 2.56. The van der Waals surface area contributed by atoms with Crippen LogP contribution in [0, 0.1) is 0 Å². The molecule has 0 aromatic rings. The zero-order valence-corrected chi connectivity index (χ0v) is 10.0. The standard InChI is InChI=1S/C10H18ClNO3/c1-9(2,3)12-4-6(11)7-8(12)10(13,14)5-15-7/h6-8,13-14H,4-5H2,1-3H3/t6-,7?,8?/m1/s1. The predicted molar refractivity (Wildman–Crippen MR) is 56.8 cm³/mol. The molecule has 2 N–H and O–H groups in total. The van der Waals surface area contributed by atoms with E-state index in [9.17, 15) is 10.2 Å². The third kappa shape index (κ3) is 1.78. The van der Waals surface area contributed by atoms with Crippen LogP contribution in [0.5, 0.6) is 0 Å². The number of fused-ring (bicyclic) bond motifs is 1. The van der Waals surface area contributed by atoms with E-state index in [2.05, 4.69) is 0 Å². The molecule has 0 amide bonds. The number of hydrogen-bond acceptors (Lipinski definition) is 4. The monoisotopic (exact) mass is 235 g/mol. The molecule has 0 aliphatic carbocycles. The fraction of sp³-hybridized carbons (Fsp3) is 1.00. The van der Waals surface area contributed by atoms with Gasteiger partial charge >= 0.3 is 0 Å². The lowest BCUT2D eigenvalue weighted by Crippen LogP contribution is -2.56. The number of alkyl halides is 1. The van der Waals surface area contributed by atoms with Crippen LogP contribution in [-0.4, -0.2) is 57.1 Å². The molecule has 0 bridgehead atoms. The molecule has 2 aliphatic rings. The quantitative estimate of drug-likeness (QED) is 0.464. The van der Waals surface area contributed by atoms with Crippen LogP contribution in [0.4, 0.5) is 0 Å². The molecule has 0 spiro atoms. The van der Waals surface area contributed by atoms with Crippen molar-refractivity contribution in [3.05, 3.63) is 0 Å². The Hall–Kier alpha value is 0.130. The Morgan fingerprint density at radius 3 is 2.53 bits per heavy atom. The van der Waals surface area contributed by atoms with E-state index in [1.54, 1.807) is 0 Å². The molecular formula is C10H18ClNO3. The molecule has 2 heterocycles. The summed E-state index contributed by atoms with van der Waals surface area (Å²) in [5.74, 6) is -1.78. The van der Waals surface area contributed by atoms with Gasteiger partial charge in [0.2, 0.25) is 5.79 Å². The molecule has 2 saturated heterocycles. The van der Waals surface area contributed by atoms with E-state index in [0.29, 0.717) is 6.54 Å². The van der Waals surface area contributed by atoms with Gasteiger partial charge in [0.1, 0.15) is 6.61 Å². The minimum atomic E-state index is -1.78. The van der Waals surface area contributed by atoms with Crippen molar-refractivity contribution < 1.29 is 14.9 Å². The van der Waals surface area contributed by atoms with Crippen molar-refractivity contribution in [1.29, 1.82) is 0 Å². The third-order valence-electron chi connectivity index (χ3n) is 3.20. The van der Waals surface area contributed by atoms with Gasteiger partial charge in [-0.05, 0) is 20.8 Å². The van der Waals surface area contributed by atoms with Gasteiger partial charge in [-0.15, -0.1) is 11.6 Å². The van der Waals surface area contributed by atoms with Crippen molar-refractivity contribution in [3.63, 3.8) is 0 Å². The molecule has 0 radical (unpaired) electrons. The number of hydrogen-bond donors (Lipinski definition) is 2. The largest absolute Gasteiger partial charge is 0.369 e. The first-order valence-corrected chi connectivity index (χ1v) is 5.64. The minimum Gasteiger partial charge on any atom is -0.369 e. The third-order valence-corrected chi connectivity index (χ3v) is 3.58. The normalized spacial score (nSPS) is 40.8. The predicted octanol–water partition coefficient (Wildman–Crippen LogP) is 0.156. The van der Waals surface area contributed by atoms with Crippen molar-refractivity contribution in [2.75, 3.05) is 13.2 Å². The van der Waals surface area contributed by atoms with E-state index in [4.69, 9.17) is 16.3 Å². The molecule has 4 nitrogen and oxygen atoms in total. The summed E-state index contributed by atoms with van der Waals surface area (Å²) in [4.78, 5) is 2.02. The van der Waals surface area contributed by atoms with Crippen LogP contribution in [0.15, 0.2) is 0 Å². The Morgan fingerprint density at radius 1 is 1.40 bits per heavy atom. The molecule has 2 rings (SSSR count). The van der Waals surface area contributed by atoms with Gasteiger partial charge in [0.15, 0.2) is 0 Å². The molecule has 2 unspecified atom stereocenters. The zero-order valence-electron chi connectivity index (χ0n) is 9.27. The topological polar surface area (TPSA) is 52.9 Å². The molecule has 0 saturated carbocycles. The van der Waals surface area contributed by atoms with Crippen LogP contribution in [0.25, 0.3) is 0 Å². The Balaban J connectivity index is 2.29. The fourth-order valence-electron chi connectivity index (χ4n) is 2.48. The highest BCUT2D eigenvalue weighted by Gasteiger charge is 2.59. The number of nitrogens with zero attached hydrogens (tertiary/aromatic N) is 1. The van der Waals surface area contributed by atoms with E-state index < -0.39 is 11.8 Å². The molecule has 0 aromatic heterocycles. The first-order chi connectivity index (χ1) is 6.73.